The third kappa shape index (κ3) is 8.97. The molecule has 200 valence electrons. The van der Waals surface area contributed by atoms with Gasteiger partial charge in [0.05, 0.1) is 14.2 Å². The molecule has 0 spiro atoms. The Morgan fingerprint density at radius 3 is 2.68 bits per heavy atom. The molecule has 7 nitrogen and oxygen atoms in total. The molecule has 0 aliphatic heterocycles. The van der Waals surface area contributed by atoms with Gasteiger partial charge in [-0.3, -0.25) is 4.79 Å². The summed E-state index contributed by atoms with van der Waals surface area (Å²) in [5.41, 5.74) is 1.82. The molecule has 0 saturated heterocycles. The van der Waals surface area contributed by atoms with E-state index in [1.165, 1.54) is 14.2 Å². The van der Waals surface area contributed by atoms with Crippen molar-refractivity contribution in [3.63, 3.8) is 0 Å². The van der Waals surface area contributed by atoms with Gasteiger partial charge in [-0.25, -0.2) is 0 Å². The maximum atomic E-state index is 13.1. The van der Waals surface area contributed by atoms with Crippen LogP contribution in [0.15, 0.2) is 79.2 Å². The number of hydrogen-bond donors (Lipinski definition) is 4. The summed E-state index contributed by atoms with van der Waals surface area (Å²) in [5.74, 6) is 0.397. The molecule has 0 aliphatic carbocycles. The summed E-state index contributed by atoms with van der Waals surface area (Å²) in [4.78, 5) is 13.1. The predicted molar refractivity (Wildman–Crippen MR) is 158 cm³/mol. The van der Waals surface area contributed by atoms with Crippen molar-refractivity contribution >= 4 is 35.9 Å². The van der Waals surface area contributed by atoms with Crippen molar-refractivity contribution in [2.45, 2.75) is 26.3 Å². The zero-order valence-corrected chi connectivity index (χ0v) is 22.9. The fourth-order valence-electron chi connectivity index (χ4n) is 3.44. The van der Waals surface area contributed by atoms with E-state index in [0.717, 1.165) is 28.8 Å². The summed E-state index contributed by atoms with van der Waals surface area (Å²) in [6.45, 7) is 10.2. The Bertz CT molecular complexity index is 1350. The van der Waals surface area contributed by atoms with Gasteiger partial charge in [0.25, 0.3) is 5.91 Å². The van der Waals surface area contributed by atoms with Gasteiger partial charge in [0.2, 0.25) is 5.75 Å². The standard InChI is InChI=1S/C30H35N3O4S/c1-6-8-9-10-14-23(33-29(35)25-15-11-13-21(3)24(25)12-7-2)16-17-31-30(38)32-20-22-18-26(34)28(37-5)27(19-22)36-4/h7,9-19,34H,2-3,6,8,20H2,1,4-5H3,(H,33,35)(H2,31,32,38)/b10-9-,17-16+,23-14+,24-12+. The molecule has 8 heteroatoms. The number of rotatable bonds is 12. The lowest BCUT2D eigenvalue weighted by molar-refractivity contribution is 0.0966. The Balaban J connectivity index is 2.11. The molecule has 0 fully saturated rings. The summed E-state index contributed by atoms with van der Waals surface area (Å²) in [7, 11) is 2.96. The van der Waals surface area contributed by atoms with Gasteiger partial charge in [-0.2, -0.15) is 0 Å². The molecule has 1 amide bonds. The molecule has 0 heterocycles. The van der Waals surface area contributed by atoms with E-state index >= 15 is 0 Å². The maximum Gasteiger partial charge on any atom is 0.256 e. The van der Waals surface area contributed by atoms with Crippen LogP contribution in [0.5, 0.6) is 17.2 Å². The lowest BCUT2D eigenvalue weighted by atomic mass is 10.1. The first-order valence-corrected chi connectivity index (χ1v) is 12.5. The highest BCUT2D eigenvalue weighted by atomic mass is 32.1. The number of hydrogen-bond acceptors (Lipinski definition) is 5. The Hall–Kier alpha value is -4.30. The third-order valence-corrected chi connectivity index (χ3v) is 5.56. The number of benzene rings is 2. The first-order valence-electron chi connectivity index (χ1n) is 12.1. The van der Waals surface area contributed by atoms with Gasteiger partial charge in [-0.05, 0) is 65.0 Å². The number of amides is 1. The summed E-state index contributed by atoms with van der Waals surface area (Å²) in [5, 5.41) is 20.9. The second-order valence-electron chi connectivity index (χ2n) is 8.08. The minimum Gasteiger partial charge on any atom is -0.504 e. The van der Waals surface area contributed by atoms with E-state index in [-0.39, 0.29) is 17.4 Å². The normalized spacial score (nSPS) is 12.0. The number of nitrogens with one attached hydrogen (secondary N) is 3. The summed E-state index contributed by atoms with van der Waals surface area (Å²) in [6.07, 6.45) is 14.5. The number of thiocarbonyl (C=S) groups is 1. The minimum absolute atomic E-state index is 0.0256. The van der Waals surface area contributed by atoms with Crippen LogP contribution in [0.25, 0.3) is 12.7 Å². The van der Waals surface area contributed by atoms with Gasteiger partial charge in [0.1, 0.15) is 0 Å². The zero-order chi connectivity index (χ0) is 27.9. The number of phenolic OH excluding ortho intramolecular Hbond substituents is 1. The first-order chi connectivity index (χ1) is 18.3. The number of allylic oxidation sites excluding steroid dienone is 5. The number of carbonyl (C=O) groups excluding carboxylic acids is 1. The van der Waals surface area contributed by atoms with Crippen molar-refractivity contribution in [1.82, 2.24) is 16.0 Å². The minimum atomic E-state index is -0.266. The van der Waals surface area contributed by atoms with Crippen LogP contribution in [0.3, 0.4) is 0 Å². The van der Waals surface area contributed by atoms with Crippen LogP contribution in [0.4, 0.5) is 0 Å². The average Bonchev–Trinajstić information content (AvgIpc) is 2.90. The Morgan fingerprint density at radius 2 is 2.00 bits per heavy atom. The lowest BCUT2D eigenvalue weighted by Gasteiger charge is -2.13. The fourth-order valence-corrected chi connectivity index (χ4v) is 3.58. The van der Waals surface area contributed by atoms with Crippen LogP contribution in [-0.2, 0) is 6.54 Å². The van der Waals surface area contributed by atoms with Crippen LogP contribution >= 0.6 is 12.2 Å². The van der Waals surface area contributed by atoms with Crippen LogP contribution in [0.1, 0.15) is 35.7 Å². The molecule has 0 saturated carbocycles. The number of carbonyl (C=O) groups is 1. The van der Waals surface area contributed by atoms with Gasteiger partial charge in [-0.15, -0.1) is 0 Å². The molecule has 2 aromatic rings. The second kappa shape index (κ2) is 15.7. The number of methoxy groups -OCH3 is 2. The van der Waals surface area contributed by atoms with Crippen molar-refractivity contribution in [3.05, 3.63) is 101 Å². The molecule has 38 heavy (non-hydrogen) atoms. The maximum absolute atomic E-state index is 13.1. The van der Waals surface area contributed by atoms with Crippen molar-refractivity contribution < 1.29 is 19.4 Å². The van der Waals surface area contributed by atoms with E-state index in [9.17, 15) is 9.90 Å². The molecule has 4 N–H and O–H groups in total. The number of unbranched alkanes of at least 4 members (excludes halogenated alkanes) is 1. The van der Waals surface area contributed by atoms with E-state index in [0.29, 0.717) is 28.7 Å². The number of ether oxygens (including phenoxy) is 2. The van der Waals surface area contributed by atoms with Crippen molar-refractivity contribution in [1.29, 1.82) is 0 Å². The number of aromatic hydroxyl groups is 1. The van der Waals surface area contributed by atoms with Gasteiger partial charge >= 0.3 is 0 Å². The Kier molecular flexibility index (Phi) is 12.4. The summed E-state index contributed by atoms with van der Waals surface area (Å²) >= 11 is 5.36. The molecule has 0 radical (unpaired) electrons. The quantitative estimate of drug-likeness (QED) is 0.243. The highest BCUT2D eigenvalue weighted by Gasteiger charge is 2.12. The van der Waals surface area contributed by atoms with Gasteiger partial charge in [0, 0.05) is 24.0 Å². The molecular formula is C30H35N3O4S. The van der Waals surface area contributed by atoms with Crippen LogP contribution in [-0.4, -0.2) is 30.3 Å². The fraction of sp³-hybridized carbons (Fsp3) is 0.200. The van der Waals surface area contributed by atoms with Gasteiger partial charge in [-0.1, -0.05) is 62.9 Å². The largest absolute Gasteiger partial charge is 0.504 e. The van der Waals surface area contributed by atoms with Crippen molar-refractivity contribution in [3.8, 4) is 17.2 Å². The lowest BCUT2D eigenvalue weighted by Crippen LogP contribution is -2.35. The molecule has 2 rings (SSSR count). The predicted octanol–water partition coefficient (Wildman–Crippen LogP) is 3.93. The summed E-state index contributed by atoms with van der Waals surface area (Å²) in [6, 6.07) is 8.71. The molecule has 0 atom stereocenters. The van der Waals surface area contributed by atoms with E-state index < -0.39 is 0 Å². The molecule has 2 aromatic carbocycles. The SMILES string of the molecule is C=C/C=c1/c(C(=O)NC(/C=C/NC(=S)NCc2cc(O)c(OC)c(OC)c2)=C/C=C\CCC)cccc1=C. The molecule has 0 aliphatic rings. The van der Waals surface area contributed by atoms with E-state index in [4.69, 9.17) is 21.7 Å². The topological polar surface area (TPSA) is 91.9 Å². The highest BCUT2D eigenvalue weighted by Crippen LogP contribution is 2.37. The average molecular weight is 534 g/mol. The second-order valence-corrected chi connectivity index (χ2v) is 8.49. The highest BCUT2D eigenvalue weighted by molar-refractivity contribution is 7.80. The third-order valence-electron chi connectivity index (χ3n) is 5.30. The zero-order valence-electron chi connectivity index (χ0n) is 22.0. The smallest absolute Gasteiger partial charge is 0.256 e. The molecular weight excluding hydrogens is 498 g/mol. The van der Waals surface area contributed by atoms with E-state index in [1.807, 2.05) is 24.3 Å². The van der Waals surface area contributed by atoms with Crippen molar-refractivity contribution in [2.75, 3.05) is 14.2 Å². The molecule has 0 bridgehead atoms. The van der Waals surface area contributed by atoms with Gasteiger partial charge < -0.3 is 30.5 Å². The van der Waals surface area contributed by atoms with Crippen molar-refractivity contribution in [2.24, 2.45) is 0 Å². The van der Waals surface area contributed by atoms with Crippen LogP contribution < -0.4 is 35.9 Å². The Labute approximate surface area is 229 Å². The monoisotopic (exact) mass is 533 g/mol. The Morgan fingerprint density at radius 1 is 1.21 bits per heavy atom. The molecule has 0 unspecified atom stereocenters. The summed E-state index contributed by atoms with van der Waals surface area (Å²) < 4.78 is 10.4. The van der Waals surface area contributed by atoms with Crippen LogP contribution in [0, 0.1) is 0 Å². The van der Waals surface area contributed by atoms with Gasteiger partial charge in [0.15, 0.2) is 16.6 Å². The van der Waals surface area contributed by atoms with E-state index in [2.05, 4.69) is 36.0 Å². The van der Waals surface area contributed by atoms with E-state index in [1.54, 1.807) is 48.7 Å². The number of phenols is 1. The first kappa shape index (κ1) is 29.9. The molecule has 0 aromatic heterocycles. The van der Waals surface area contributed by atoms with Crippen LogP contribution in [0.2, 0.25) is 0 Å².